The summed E-state index contributed by atoms with van der Waals surface area (Å²) in [6.45, 7) is 0. The van der Waals surface area contributed by atoms with E-state index in [4.69, 9.17) is 11.6 Å². The van der Waals surface area contributed by atoms with Crippen molar-refractivity contribution in [2.75, 3.05) is 4.72 Å². The number of rotatable bonds is 3. The van der Waals surface area contributed by atoms with E-state index in [-0.39, 0.29) is 10.8 Å². The van der Waals surface area contributed by atoms with Crippen LogP contribution in [0.25, 0.3) is 0 Å². The summed E-state index contributed by atoms with van der Waals surface area (Å²) in [7, 11) is -3.69. The van der Waals surface area contributed by atoms with Crippen molar-refractivity contribution in [1.29, 1.82) is 0 Å². The van der Waals surface area contributed by atoms with E-state index in [1.807, 2.05) is 0 Å². The van der Waals surface area contributed by atoms with Gasteiger partial charge in [0, 0.05) is 4.47 Å². The van der Waals surface area contributed by atoms with E-state index in [9.17, 15) is 8.42 Å². The molecule has 1 heterocycles. The van der Waals surface area contributed by atoms with Gasteiger partial charge in [0.25, 0.3) is 10.0 Å². The molecule has 0 bridgehead atoms. The quantitative estimate of drug-likeness (QED) is 0.897. The van der Waals surface area contributed by atoms with Gasteiger partial charge < -0.3 is 0 Å². The Morgan fingerprint density at radius 2 is 2.18 bits per heavy atom. The summed E-state index contributed by atoms with van der Waals surface area (Å²) in [4.78, 5) is 3.75. The number of hydrogen-bond acceptors (Lipinski definition) is 4. The Morgan fingerprint density at radius 1 is 1.41 bits per heavy atom. The molecule has 0 aliphatic heterocycles. The third-order valence-electron chi connectivity index (χ3n) is 1.85. The minimum atomic E-state index is -3.69. The van der Waals surface area contributed by atoms with Crippen molar-refractivity contribution in [3.05, 3.63) is 34.0 Å². The largest absolute Gasteiger partial charge is 0.264 e. The molecule has 0 saturated carbocycles. The molecule has 0 aliphatic carbocycles. The first kappa shape index (κ1) is 12.3. The van der Waals surface area contributed by atoms with E-state index in [1.165, 1.54) is 24.5 Å². The van der Waals surface area contributed by atoms with Crippen molar-refractivity contribution >= 4 is 43.5 Å². The van der Waals surface area contributed by atoms with Crippen LogP contribution in [0.4, 0.5) is 5.95 Å². The highest BCUT2D eigenvalue weighted by Crippen LogP contribution is 2.25. The molecule has 9 heteroatoms. The summed E-state index contributed by atoms with van der Waals surface area (Å²) >= 11 is 8.94. The fourth-order valence-corrected chi connectivity index (χ4v) is 2.72. The van der Waals surface area contributed by atoms with Crippen LogP contribution in [0, 0.1) is 0 Å². The predicted molar refractivity (Wildman–Crippen MR) is 66.3 cm³/mol. The second-order valence-electron chi connectivity index (χ2n) is 3.02. The van der Waals surface area contributed by atoms with Gasteiger partial charge >= 0.3 is 0 Å². The number of nitrogens with one attached hydrogen (secondary N) is 2. The monoisotopic (exact) mass is 336 g/mol. The highest BCUT2D eigenvalue weighted by molar-refractivity contribution is 9.10. The molecule has 90 valence electrons. The molecule has 0 fully saturated rings. The van der Waals surface area contributed by atoms with E-state index in [0.29, 0.717) is 9.50 Å². The van der Waals surface area contributed by atoms with Gasteiger partial charge in [-0.2, -0.15) is 10.1 Å². The molecular formula is C8H6BrClN4O2S. The summed E-state index contributed by atoms with van der Waals surface area (Å²) in [5, 5.41) is 6.37. The van der Waals surface area contributed by atoms with Crippen LogP contribution >= 0.6 is 27.5 Å². The van der Waals surface area contributed by atoms with Crippen LogP contribution < -0.4 is 4.72 Å². The summed E-state index contributed by atoms with van der Waals surface area (Å²) in [5.41, 5.74) is 0. The first-order valence-corrected chi connectivity index (χ1v) is 6.98. The van der Waals surface area contributed by atoms with Crippen molar-refractivity contribution in [2.24, 2.45) is 0 Å². The molecule has 2 rings (SSSR count). The summed E-state index contributed by atoms with van der Waals surface area (Å²) in [5.74, 6) is 0.0519. The lowest BCUT2D eigenvalue weighted by atomic mass is 10.4. The minimum absolute atomic E-state index is 0.0519. The molecule has 2 aromatic rings. The Kier molecular flexibility index (Phi) is 3.36. The molecular weight excluding hydrogens is 332 g/mol. The zero-order chi connectivity index (χ0) is 12.5. The molecule has 0 radical (unpaired) electrons. The highest BCUT2D eigenvalue weighted by Gasteiger charge is 2.16. The number of nitrogens with zero attached hydrogens (tertiary/aromatic N) is 2. The third kappa shape index (κ3) is 2.76. The molecule has 0 unspecified atom stereocenters. The maximum absolute atomic E-state index is 11.9. The normalized spacial score (nSPS) is 11.4. The SMILES string of the molecule is O=S(=O)(Nc1ncn[nH]1)c1ccc(Cl)c(Br)c1. The van der Waals surface area contributed by atoms with Crippen molar-refractivity contribution in [2.45, 2.75) is 4.90 Å². The van der Waals surface area contributed by atoms with E-state index in [2.05, 4.69) is 35.8 Å². The molecule has 2 N–H and O–H groups in total. The molecule has 0 amide bonds. The van der Waals surface area contributed by atoms with Crippen LogP contribution in [0.15, 0.2) is 33.9 Å². The van der Waals surface area contributed by atoms with Gasteiger partial charge in [0.2, 0.25) is 5.95 Å². The van der Waals surface area contributed by atoms with Gasteiger partial charge in [0.15, 0.2) is 0 Å². The first-order valence-electron chi connectivity index (χ1n) is 4.32. The van der Waals surface area contributed by atoms with Gasteiger partial charge in [-0.25, -0.2) is 18.2 Å². The van der Waals surface area contributed by atoms with Crippen LogP contribution in [0.1, 0.15) is 0 Å². The number of aromatic nitrogens is 3. The maximum Gasteiger partial charge on any atom is 0.264 e. The third-order valence-corrected chi connectivity index (χ3v) is 4.40. The van der Waals surface area contributed by atoms with Gasteiger partial charge in [-0.1, -0.05) is 11.6 Å². The number of sulfonamides is 1. The van der Waals surface area contributed by atoms with E-state index >= 15 is 0 Å². The van der Waals surface area contributed by atoms with Gasteiger partial charge in [0.1, 0.15) is 6.33 Å². The Morgan fingerprint density at radius 3 is 2.76 bits per heavy atom. The standard InChI is InChI=1S/C8H6BrClN4O2S/c9-6-3-5(1-2-7(6)10)17(15,16)14-8-11-4-12-13-8/h1-4H,(H2,11,12,13,14). The second kappa shape index (κ2) is 4.63. The van der Waals surface area contributed by atoms with Crippen molar-refractivity contribution in [3.63, 3.8) is 0 Å². The van der Waals surface area contributed by atoms with Crippen molar-refractivity contribution in [1.82, 2.24) is 15.2 Å². The van der Waals surface area contributed by atoms with Gasteiger partial charge in [-0.3, -0.25) is 0 Å². The lowest BCUT2D eigenvalue weighted by molar-refractivity contribution is 0.601. The zero-order valence-electron chi connectivity index (χ0n) is 8.18. The molecule has 0 aliphatic rings. The van der Waals surface area contributed by atoms with E-state index in [0.717, 1.165) is 0 Å². The molecule has 0 atom stereocenters. The Bertz CT molecular complexity index is 629. The van der Waals surface area contributed by atoms with Crippen molar-refractivity contribution < 1.29 is 8.42 Å². The summed E-state index contributed by atoms with van der Waals surface area (Å²) < 4.78 is 26.5. The molecule has 6 nitrogen and oxygen atoms in total. The average Bonchev–Trinajstić information content (AvgIpc) is 2.73. The molecule has 0 spiro atoms. The van der Waals surface area contributed by atoms with Crippen molar-refractivity contribution in [3.8, 4) is 0 Å². The molecule has 1 aromatic heterocycles. The minimum Gasteiger partial charge on any atom is -0.248 e. The predicted octanol–water partition coefficient (Wildman–Crippen LogP) is 2.02. The first-order chi connectivity index (χ1) is 7.99. The Balaban J connectivity index is 2.35. The molecule has 17 heavy (non-hydrogen) atoms. The lowest BCUT2D eigenvalue weighted by Gasteiger charge is -2.05. The number of anilines is 1. The fourth-order valence-electron chi connectivity index (χ4n) is 1.08. The van der Waals surface area contributed by atoms with E-state index < -0.39 is 10.0 Å². The zero-order valence-corrected chi connectivity index (χ0v) is 11.3. The number of halogens is 2. The van der Waals surface area contributed by atoms with Crippen LogP contribution in [0.5, 0.6) is 0 Å². The Labute approximate surface area is 111 Å². The smallest absolute Gasteiger partial charge is 0.248 e. The number of aromatic amines is 1. The lowest BCUT2D eigenvalue weighted by Crippen LogP contribution is -2.14. The molecule has 0 saturated heterocycles. The van der Waals surface area contributed by atoms with Crippen LogP contribution in [0.2, 0.25) is 5.02 Å². The number of H-pyrrole nitrogens is 1. The number of benzene rings is 1. The molecule has 1 aromatic carbocycles. The summed E-state index contributed by atoms with van der Waals surface area (Å²) in [6, 6.07) is 4.29. The Hall–Kier alpha value is -1.12. The second-order valence-corrected chi connectivity index (χ2v) is 5.96. The van der Waals surface area contributed by atoms with Crippen LogP contribution in [-0.2, 0) is 10.0 Å². The van der Waals surface area contributed by atoms with E-state index in [1.54, 1.807) is 0 Å². The maximum atomic E-state index is 11.9. The van der Waals surface area contributed by atoms with Gasteiger partial charge in [0.05, 0.1) is 9.92 Å². The number of hydrogen-bond donors (Lipinski definition) is 2. The van der Waals surface area contributed by atoms with Gasteiger partial charge in [-0.05, 0) is 34.1 Å². The van der Waals surface area contributed by atoms with Gasteiger partial charge in [-0.15, -0.1) is 0 Å². The van der Waals surface area contributed by atoms with Crippen LogP contribution in [-0.4, -0.2) is 23.6 Å². The highest BCUT2D eigenvalue weighted by atomic mass is 79.9. The van der Waals surface area contributed by atoms with Crippen LogP contribution in [0.3, 0.4) is 0 Å². The summed E-state index contributed by atoms with van der Waals surface area (Å²) in [6.07, 6.45) is 1.20. The topological polar surface area (TPSA) is 87.7 Å². The fraction of sp³-hybridized carbons (Fsp3) is 0. The average molecular weight is 338 g/mol.